The maximum atomic E-state index is 12.3. The molecule has 0 saturated heterocycles. The summed E-state index contributed by atoms with van der Waals surface area (Å²) in [6, 6.07) is 13.3. The van der Waals surface area contributed by atoms with Crippen LogP contribution in [0, 0.1) is 0 Å². The first-order valence-corrected chi connectivity index (χ1v) is 9.40. The van der Waals surface area contributed by atoms with E-state index in [2.05, 4.69) is 10.6 Å². The van der Waals surface area contributed by atoms with Crippen LogP contribution in [0.25, 0.3) is 0 Å². The largest absolute Gasteiger partial charge is 0.457 e. The molecule has 7 nitrogen and oxygen atoms in total. The van der Waals surface area contributed by atoms with Crippen LogP contribution in [0.2, 0.25) is 0 Å². The predicted octanol–water partition coefficient (Wildman–Crippen LogP) is 2.51. The van der Waals surface area contributed by atoms with Crippen molar-refractivity contribution >= 4 is 29.3 Å². The molecular weight excluding hydrogens is 372 g/mol. The molecule has 0 fully saturated rings. The van der Waals surface area contributed by atoms with Gasteiger partial charge in [-0.05, 0) is 49.2 Å². The molecule has 1 aliphatic heterocycles. The number of aryl methyl sites for hydroxylation is 1. The zero-order valence-corrected chi connectivity index (χ0v) is 16.1. The molecule has 0 bridgehead atoms. The molecule has 0 spiro atoms. The molecule has 7 heteroatoms. The zero-order valence-electron chi connectivity index (χ0n) is 16.1. The second kappa shape index (κ2) is 9.14. The number of nitrogens with one attached hydrogen (secondary N) is 2. The maximum Gasteiger partial charge on any atom is 0.308 e. The fourth-order valence-electron chi connectivity index (χ4n) is 3.04. The van der Waals surface area contributed by atoms with Crippen molar-refractivity contribution in [2.24, 2.45) is 0 Å². The third kappa shape index (κ3) is 5.51. The molecule has 2 aromatic rings. The third-order valence-electron chi connectivity index (χ3n) is 4.57. The fraction of sp³-hybridized carbons (Fsp3) is 0.273. The molecule has 0 aliphatic carbocycles. The van der Waals surface area contributed by atoms with Crippen molar-refractivity contribution < 1.29 is 23.9 Å². The smallest absolute Gasteiger partial charge is 0.308 e. The van der Waals surface area contributed by atoms with Crippen LogP contribution in [0.4, 0.5) is 5.69 Å². The molecule has 1 aliphatic rings. The molecule has 2 amide bonds. The summed E-state index contributed by atoms with van der Waals surface area (Å²) in [5, 5.41) is 5.48. The number of anilines is 1. The van der Waals surface area contributed by atoms with E-state index in [1.165, 1.54) is 0 Å². The lowest BCUT2D eigenvalue weighted by Gasteiger charge is -2.17. The van der Waals surface area contributed by atoms with Crippen molar-refractivity contribution in [2.75, 3.05) is 11.9 Å². The number of Topliss-reactive ketones (excluding diaryl/α,β-unsaturated/α-hetero) is 1. The van der Waals surface area contributed by atoms with Crippen LogP contribution < -0.4 is 10.6 Å². The van der Waals surface area contributed by atoms with Gasteiger partial charge in [0.1, 0.15) is 0 Å². The molecule has 3 rings (SSSR count). The van der Waals surface area contributed by atoms with Gasteiger partial charge in [-0.2, -0.15) is 0 Å². The summed E-state index contributed by atoms with van der Waals surface area (Å²) < 4.78 is 5.07. The summed E-state index contributed by atoms with van der Waals surface area (Å²) in [5.41, 5.74) is 2.53. The Hall–Kier alpha value is -3.48. The van der Waals surface area contributed by atoms with Gasteiger partial charge in [0.2, 0.25) is 5.91 Å². The number of rotatable bonds is 7. The average Bonchev–Trinajstić information content (AvgIpc) is 2.72. The van der Waals surface area contributed by atoms with Crippen LogP contribution in [0.1, 0.15) is 46.0 Å². The lowest BCUT2D eigenvalue weighted by atomic mass is 9.99. The minimum atomic E-state index is -0.565. The standard InChI is InChI=1S/C22H22N2O5/c1-14(23-22(28)15-5-3-2-4-6-15)11-21(27)29-13-19(25)17-7-9-18-16(12-17)8-10-20(26)24-18/h2-7,9,12,14H,8,10-11,13H2,1H3,(H,23,28)(H,24,26). The number of amides is 2. The van der Waals surface area contributed by atoms with Gasteiger partial charge in [0.25, 0.3) is 5.91 Å². The Kier molecular flexibility index (Phi) is 6.39. The van der Waals surface area contributed by atoms with Gasteiger partial charge in [-0.3, -0.25) is 19.2 Å². The molecule has 1 atom stereocenters. The summed E-state index contributed by atoms with van der Waals surface area (Å²) in [5.74, 6) is -1.20. The normalized spacial score (nSPS) is 13.6. The number of fused-ring (bicyclic) bond motifs is 1. The lowest BCUT2D eigenvalue weighted by molar-refractivity contribution is -0.142. The predicted molar refractivity (Wildman–Crippen MR) is 107 cm³/mol. The van der Waals surface area contributed by atoms with E-state index in [0.29, 0.717) is 29.7 Å². The summed E-state index contributed by atoms with van der Waals surface area (Å²) in [6.07, 6.45) is 0.912. The van der Waals surface area contributed by atoms with E-state index in [4.69, 9.17) is 4.74 Å². The number of esters is 1. The SMILES string of the molecule is CC(CC(=O)OCC(=O)c1ccc2c(c1)CCC(=O)N2)NC(=O)c1ccccc1. The lowest BCUT2D eigenvalue weighted by Crippen LogP contribution is -2.34. The van der Waals surface area contributed by atoms with E-state index < -0.39 is 12.0 Å². The number of carbonyl (C=O) groups excluding carboxylic acids is 4. The Morgan fingerprint density at radius 1 is 1.07 bits per heavy atom. The quantitative estimate of drug-likeness (QED) is 0.555. The van der Waals surface area contributed by atoms with E-state index in [1.807, 2.05) is 6.07 Å². The number of benzene rings is 2. The Bertz CT molecular complexity index is 939. The van der Waals surface area contributed by atoms with Gasteiger partial charge in [0, 0.05) is 29.3 Å². The van der Waals surface area contributed by atoms with Crippen LogP contribution in [0.15, 0.2) is 48.5 Å². The summed E-state index contributed by atoms with van der Waals surface area (Å²) >= 11 is 0. The van der Waals surface area contributed by atoms with Gasteiger partial charge >= 0.3 is 5.97 Å². The van der Waals surface area contributed by atoms with Gasteiger partial charge in [-0.15, -0.1) is 0 Å². The highest BCUT2D eigenvalue weighted by atomic mass is 16.5. The number of hydrogen-bond acceptors (Lipinski definition) is 5. The van der Waals surface area contributed by atoms with Crippen molar-refractivity contribution in [2.45, 2.75) is 32.2 Å². The van der Waals surface area contributed by atoms with E-state index in [-0.39, 0.29) is 30.6 Å². The topological polar surface area (TPSA) is 102 Å². The third-order valence-corrected chi connectivity index (χ3v) is 4.57. The van der Waals surface area contributed by atoms with Crippen molar-refractivity contribution in [1.29, 1.82) is 0 Å². The van der Waals surface area contributed by atoms with Crippen LogP contribution in [0.5, 0.6) is 0 Å². The highest BCUT2D eigenvalue weighted by Crippen LogP contribution is 2.23. The first-order valence-electron chi connectivity index (χ1n) is 9.40. The molecule has 1 unspecified atom stereocenters. The monoisotopic (exact) mass is 394 g/mol. The average molecular weight is 394 g/mol. The fourth-order valence-corrected chi connectivity index (χ4v) is 3.04. The van der Waals surface area contributed by atoms with Crippen molar-refractivity contribution in [3.05, 3.63) is 65.2 Å². The van der Waals surface area contributed by atoms with Crippen LogP contribution in [0.3, 0.4) is 0 Å². The Balaban J connectivity index is 1.47. The second-order valence-electron chi connectivity index (χ2n) is 6.95. The van der Waals surface area contributed by atoms with Gasteiger partial charge < -0.3 is 15.4 Å². The highest BCUT2D eigenvalue weighted by molar-refractivity contribution is 6.00. The van der Waals surface area contributed by atoms with Crippen molar-refractivity contribution in [3.63, 3.8) is 0 Å². The molecular formula is C22H22N2O5. The molecule has 29 heavy (non-hydrogen) atoms. The van der Waals surface area contributed by atoms with Gasteiger partial charge in [0.15, 0.2) is 12.4 Å². The number of ketones is 1. The van der Waals surface area contributed by atoms with Gasteiger partial charge in [0.05, 0.1) is 6.42 Å². The molecule has 1 heterocycles. The Morgan fingerprint density at radius 2 is 1.83 bits per heavy atom. The summed E-state index contributed by atoms with van der Waals surface area (Å²) in [7, 11) is 0. The Labute approximate surface area is 168 Å². The van der Waals surface area contributed by atoms with Crippen molar-refractivity contribution in [1.82, 2.24) is 5.32 Å². The minimum absolute atomic E-state index is 0.0396. The Morgan fingerprint density at radius 3 is 2.59 bits per heavy atom. The molecule has 0 saturated carbocycles. The first-order chi connectivity index (χ1) is 13.9. The molecule has 2 N–H and O–H groups in total. The second-order valence-corrected chi connectivity index (χ2v) is 6.95. The minimum Gasteiger partial charge on any atom is -0.457 e. The number of carbonyl (C=O) groups is 4. The number of hydrogen-bond donors (Lipinski definition) is 2. The highest BCUT2D eigenvalue weighted by Gasteiger charge is 2.18. The maximum absolute atomic E-state index is 12.3. The van der Waals surface area contributed by atoms with E-state index in [0.717, 1.165) is 5.56 Å². The van der Waals surface area contributed by atoms with Gasteiger partial charge in [-0.25, -0.2) is 0 Å². The van der Waals surface area contributed by atoms with E-state index >= 15 is 0 Å². The van der Waals surface area contributed by atoms with E-state index in [1.54, 1.807) is 49.4 Å². The first kappa shape index (κ1) is 20.3. The molecule has 150 valence electrons. The summed E-state index contributed by atoms with van der Waals surface area (Å²) in [4.78, 5) is 47.8. The van der Waals surface area contributed by atoms with E-state index in [9.17, 15) is 19.2 Å². The molecule has 0 aromatic heterocycles. The number of ether oxygens (including phenoxy) is 1. The van der Waals surface area contributed by atoms with Crippen LogP contribution >= 0.6 is 0 Å². The molecule has 2 aromatic carbocycles. The van der Waals surface area contributed by atoms with Gasteiger partial charge in [-0.1, -0.05) is 18.2 Å². The van der Waals surface area contributed by atoms with Crippen LogP contribution in [-0.4, -0.2) is 36.2 Å². The zero-order chi connectivity index (χ0) is 20.8. The van der Waals surface area contributed by atoms with Crippen LogP contribution in [-0.2, 0) is 20.7 Å². The summed E-state index contributed by atoms with van der Waals surface area (Å²) in [6.45, 7) is 1.32. The molecule has 0 radical (unpaired) electrons. The van der Waals surface area contributed by atoms with Crippen molar-refractivity contribution in [3.8, 4) is 0 Å².